The molecule has 0 spiro atoms. The molecule has 1 aliphatic rings. The first-order valence-electron chi connectivity index (χ1n) is 8.64. The van der Waals surface area contributed by atoms with Crippen LogP contribution in [0.2, 0.25) is 0 Å². The Morgan fingerprint density at radius 1 is 1.38 bits per heavy atom. The summed E-state index contributed by atoms with van der Waals surface area (Å²) in [5.74, 6) is 1.03. The average Bonchev–Trinajstić information content (AvgIpc) is 2.97. The number of aromatic nitrogens is 3. The van der Waals surface area contributed by atoms with Gasteiger partial charge >= 0.3 is 6.03 Å². The molecule has 0 atom stereocenters. The number of pyridine rings is 1. The fraction of sp³-hybridized carbons (Fsp3) is 0.500. The molecule has 128 valence electrons. The summed E-state index contributed by atoms with van der Waals surface area (Å²) in [7, 11) is 0. The fourth-order valence-corrected chi connectivity index (χ4v) is 3.01. The summed E-state index contributed by atoms with van der Waals surface area (Å²) in [4.78, 5) is 18.8. The lowest BCUT2D eigenvalue weighted by molar-refractivity contribution is 0.201. The van der Waals surface area contributed by atoms with Crippen molar-refractivity contribution in [1.29, 1.82) is 0 Å². The maximum atomic E-state index is 12.7. The van der Waals surface area contributed by atoms with Gasteiger partial charge in [0.1, 0.15) is 0 Å². The van der Waals surface area contributed by atoms with Gasteiger partial charge in [-0.2, -0.15) is 5.10 Å². The van der Waals surface area contributed by atoms with Crippen LogP contribution in [0.25, 0.3) is 0 Å². The largest absolute Gasteiger partial charge is 0.323 e. The lowest BCUT2D eigenvalue weighted by atomic mass is 10.1. The van der Waals surface area contributed by atoms with Crippen molar-refractivity contribution in [3.63, 3.8) is 0 Å². The van der Waals surface area contributed by atoms with Gasteiger partial charge in [-0.1, -0.05) is 19.9 Å². The van der Waals surface area contributed by atoms with Crippen LogP contribution in [0.4, 0.5) is 10.6 Å². The molecule has 0 aliphatic carbocycles. The van der Waals surface area contributed by atoms with Crippen molar-refractivity contribution in [1.82, 2.24) is 19.7 Å². The first-order valence-corrected chi connectivity index (χ1v) is 8.64. The molecule has 1 N–H and O–H groups in total. The summed E-state index contributed by atoms with van der Waals surface area (Å²) in [5.41, 5.74) is 2.09. The van der Waals surface area contributed by atoms with Gasteiger partial charge in [0.25, 0.3) is 0 Å². The summed E-state index contributed by atoms with van der Waals surface area (Å²) >= 11 is 0. The van der Waals surface area contributed by atoms with Crippen LogP contribution in [0.15, 0.2) is 30.5 Å². The SMILES string of the molecule is CC(C)CN(Cc1ccccn1)C(=O)Nc1cc2n(n1)CCCC2. The number of hydrogen-bond donors (Lipinski definition) is 1. The van der Waals surface area contributed by atoms with Crippen LogP contribution >= 0.6 is 0 Å². The molecule has 3 heterocycles. The van der Waals surface area contributed by atoms with Gasteiger partial charge < -0.3 is 4.90 Å². The number of anilines is 1. The molecule has 2 aromatic heterocycles. The standard InChI is InChI=1S/C18H25N5O/c1-14(2)12-22(13-15-7-3-5-9-19-15)18(24)20-17-11-16-8-4-6-10-23(16)21-17/h3,5,7,9,11,14H,4,6,8,10,12-13H2,1-2H3,(H,20,21,24). The van der Waals surface area contributed by atoms with Crippen molar-refractivity contribution >= 4 is 11.8 Å². The highest BCUT2D eigenvalue weighted by Crippen LogP contribution is 2.18. The third-order valence-corrected chi connectivity index (χ3v) is 4.10. The van der Waals surface area contributed by atoms with E-state index in [1.807, 2.05) is 28.9 Å². The number of nitrogens with zero attached hydrogens (tertiary/aromatic N) is 4. The third kappa shape index (κ3) is 4.13. The molecule has 0 bridgehead atoms. The second-order valence-corrected chi connectivity index (χ2v) is 6.73. The second-order valence-electron chi connectivity index (χ2n) is 6.73. The highest BCUT2D eigenvalue weighted by Gasteiger charge is 2.19. The Balaban J connectivity index is 1.69. The first kappa shape index (κ1) is 16.5. The fourth-order valence-electron chi connectivity index (χ4n) is 3.01. The monoisotopic (exact) mass is 327 g/mol. The van der Waals surface area contributed by atoms with Crippen LogP contribution in [0.5, 0.6) is 0 Å². The van der Waals surface area contributed by atoms with E-state index < -0.39 is 0 Å². The van der Waals surface area contributed by atoms with Crippen molar-refractivity contribution in [3.05, 3.63) is 41.9 Å². The maximum Gasteiger partial charge on any atom is 0.323 e. The van der Waals surface area contributed by atoms with E-state index in [2.05, 4.69) is 29.2 Å². The minimum atomic E-state index is -0.121. The number of urea groups is 1. The van der Waals surface area contributed by atoms with Gasteiger partial charge in [-0.05, 0) is 37.3 Å². The minimum Gasteiger partial charge on any atom is -0.318 e. The Bertz CT molecular complexity index is 656. The van der Waals surface area contributed by atoms with E-state index >= 15 is 0 Å². The lowest BCUT2D eigenvalue weighted by Crippen LogP contribution is -2.37. The van der Waals surface area contributed by atoms with E-state index in [0.717, 1.165) is 25.1 Å². The van der Waals surface area contributed by atoms with Crippen molar-refractivity contribution < 1.29 is 4.79 Å². The van der Waals surface area contributed by atoms with Crippen LogP contribution in [0, 0.1) is 5.92 Å². The van der Waals surface area contributed by atoms with Crippen molar-refractivity contribution in [2.24, 2.45) is 5.92 Å². The van der Waals surface area contributed by atoms with Crippen LogP contribution in [-0.4, -0.2) is 32.2 Å². The van der Waals surface area contributed by atoms with Gasteiger partial charge in [0.15, 0.2) is 5.82 Å². The molecule has 2 aromatic rings. The summed E-state index contributed by atoms with van der Waals surface area (Å²) in [6, 6.07) is 7.63. The summed E-state index contributed by atoms with van der Waals surface area (Å²) < 4.78 is 2.00. The second kappa shape index (κ2) is 7.47. The van der Waals surface area contributed by atoms with E-state index in [1.54, 1.807) is 11.1 Å². The summed E-state index contributed by atoms with van der Waals surface area (Å²) in [6.07, 6.45) is 5.14. The predicted octanol–water partition coefficient (Wildman–Crippen LogP) is 3.30. The van der Waals surface area contributed by atoms with Crippen LogP contribution in [0.3, 0.4) is 0 Å². The number of carbonyl (C=O) groups is 1. The van der Waals surface area contributed by atoms with Crippen LogP contribution in [-0.2, 0) is 19.5 Å². The molecule has 0 radical (unpaired) electrons. The van der Waals surface area contributed by atoms with E-state index in [4.69, 9.17) is 0 Å². The van der Waals surface area contributed by atoms with Gasteiger partial charge in [-0.15, -0.1) is 0 Å². The van der Waals surface area contributed by atoms with Gasteiger partial charge in [-0.25, -0.2) is 4.79 Å². The zero-order valence-electron chi connectivity index (χ0n) is 14.4. The Hall–Kier alpha value is -2.37. The number of hydrogen-bond acceptors (Lipinski definition) is 3. The average molecular weight is 327 g/mol. The Labute approximate surface area is 142 Å². The molecule has 3 rings (SSSR count). The van der Waals surface area contributed by atoms with Crippen molar-refractivity contribution in [3.8, 4) is 0 Å². The molecule has 0 saturated carbocycles. The third-order valence-electron chi connectivity index (χ3n) is 4.10. The molecule has 0 fully saturated rings. The molecule has 0 saturated heterocycles. The van der Waals surface area contributed by atoms with Gasteiger partial charge in [0, 0.05) is 31.0 Å². The maximum absolute atomic E-state index is 12.7. The Kier molecular flexibility index (Phi) is 5.13. The molecule has 2 amide bonds. The summed E-state index contributed by atoms with van der Waals surface area (Å²) in [5, 5.41) is 7.45. The topological polar surface area (TPSA) is 63.1 Å². The number of nitrogens with one attached hydrogen (secondary N) is 1. The number of carbonyl (C=O) groups excluding carboxylic acids is 1. The van der Waals surface area contributed by atoms with Crippen molar-refractivity contribution in [2.45, 2.75) is 46.2 Å². The van der Waals surface area contributed by atoms with E-state index in [1.165, 1.54) is 12.1 Å². The molecule has 0 aromatic carbocycles. The van der Waals surface area contributed by atoms with E-state index in [9.17, 15) is 4.79 Å². The molecular formula is C18H25N5O. The zero-order chi connectivity index (χ0) is 16.9. The Morgan fingerprint density at radius 2 is 2.25 bits per heavy atom. The number of amides is 2. The highest BCUT2D eigenvalue weighted by atomic mass is 16.2. The van der Waals surface area contributed by atoms with Gasteiger partial charge in [0.05, 0.1) is 12.2 Å². The smallest absolute Gasteiger partial charge is 0.318 e. The lowest BCUT2D eigenvalue weighted by Gasteiger charge is -2.24. The number of aryl methyl sites for hydroxylation is 2. The van der Waals surface area contributed by atoms with Gasteiger partial charge in [0.2, 0.25) is 0 Å². The number of fused-ring (bicyclic) bond motifs is 1. The van der Waals surface area contributed by atoms with E-state index in [-0.39, 0.29) is 6.03 Å². The van der Waals surface area contributed by atoms with Gasteiger partial charge in [-0.3, -0.25) is 15.0 Å². The first-order chi connectivity index (χ1) is 11.6. The van der Waals surface area contributed by atoms with Crippen LogP contribution < -0.4 is 5.32 Å². The zero-order valence-corrected chi connectivity index (χ0v) is 14.4. The molecule has 0 unspecified atom stereocenters. The normalized spacial score (nSPS) is 13.6. The predicted molar refractivity (Wildman–Crippen MR) is 93.7 cm³/mol. The van der Waals surface area contributed by atoms with Crippen LogP contribution in [0.1, 0.15) is 38.1 Å². The van der Waals surface area contributed by atoms with E-state index in [0.29, 0.717) is 24.8 Å². The Morgan fingerprint density at radius 3 is 2.96 bits per heavy atom. The quantitative estimate of drug-likeness (QED) is 0.916. The molecular weight excluding hydrogens is 302 g/mol. The molecule has 24 heavy (non-hydrogen) atoms. The molecule has 1 aliphatic heterocycles. The molecule has 6 nitrogen and oxygen atoms in total. The highest BCUT2D eigenvalue weighted by molar-refractivity contribution is 5.88. The summed E-state index contributed by atoms with van der Waals surface area (Å²) in [6.45, 7) is 6.32. The molecule has 6 heteroatoms. The van der Waals surface area contributed by atoms with Crippen molar-refractivity contribution in [2.75, 3.05) is 11.9 Å². The minimum absolute atomic E-state index is 0.121. The number of rotatable bonds is 5.